The molecule has 0 bridgehead atoms. The third-order valence-electron chi connectivity index (χ3n) is 6.05. The molecule has 0 spiro atoms. The molecule has 3 aromatic heterocycles. The van der Waals surface area contributed by atoms with Crippen LogP contribution in [0.2, 0.25) is 0 Å². The van der Waals surface area contributed by atoms with Crippen molar-refractivity contribution in [2.24, 2.45) is 7.05 Å². The molecule has 0 radical (unpaired) electrons. The summed E-state index contributed by atoms with van der Waals surface area (Å²) in [6.45, 7) is 0. The number of fused-ring (bicyclic) bond motifs is 1. The summed E-state index contributed by atoms with van der Waals surface area (Å²) in [6.07, 6.45) is 3.12. The van der Waals surface area contributed by atoms with E-state index in [4.69, 9.17) is 14.2 Å². The molecule has 0 fully saturated rings. The maximum atomic E-state index is 15.0. The quantitative estimate of drug-likeness (QED) is 0.267. The molecule has 0 unspecified atom stereocenters. The molecule has 0 aliphatic rings. The Morgan fingerprint density at radius 1 is 0.974 bits per heavy atom. The molecule has 0 aliphatic carbocycles. The highest BCUT2D eigenvalue weighted by molar-refractivity contribution is 5.92. The third kappa shape index (κ3) is 5.14. The lowest BCUT2D eigenvalue weighted by molar-refractivity contribution is 0.0958. The number of anilines is 2. The highest BCUT2D eigenvalue weighted by Crippen LogP contribution is 2.36. The molecule has 5 rings (SSSR count). The molecular formula is C28H29FN6O4. The van der Waals surface area contributed by atoms with Crippen LogP contribution < -0.4 is 24.8 Å². The van der Waals surface area contributed by atoms with Crippen LogP contribution in [-0.4, -0.2) is 46.7 Å². The summed E-state index contributed by atoms with van der Waals surface area (Å²) < 4.78 is 33.3. The molecule has 0 aliphatic heterocycles. The summed E-state index contributed by atoms with van der Waals surface area (Å²) in [5.74, 6) is 1.13. The number of amides is 1. The lowest BCUT2D eigenvalue weighted by Crippen LogP contribution is -2.18. The van der Waals surface area contributed by atoms with Gasteiger partial charge in [0.15, 0.2) is 11.6 Å². The van der Waals surface area contributed by atoms with Crippen molar-refractivity contribution in [2.45, 2.75) is 0 Å². The number of hydrogen-bond acceptors (Lipinski definition) is 8. The Bertz CT molecular complexity index is 1680. The van der Waals surface area contributed by atoms with Crippen LogP contribution in [0, 0.1) is 5.82 Å². The summed E-state index contributed by atoms with van der Waals surface area (Å²) in [4.78, 5) is 24.8. The van der Waals surface area contributed by atoms with Crippen molar-refractivity contribution in [3.63, 3.8) is 0 Å². The molecule has 5 aromatic rings. The first-order chi connectivity index (χ1) is 18.9. The summed E-state index contributed by atoms with van der Waals surface area (Å²) >= 11 is 0. The molecular weight excluding hydrogens is 503 g/mol. The Hall–Kier alpha value is -5.19. The first-order valence-electron chi connectivity index (χ1n) is 11.9. The number of carbonyl (C=O) groups excluding carboxylic acids is 1. The number of imidazole rings is 1. The van der Waals surface area contributed by atoms with Gasteiger partial charge in [-0.15, -0.1) is 0 Å². The van der Waals surface area contributed by atoms with Crippen molar-refractivity contribution in [2.75, 3.05) is 26.6 Å². The topological polar surface area (TPSA) is 112 Å². The second-order valence-electron chi connectivity index (χ2n) is 8.46. The second-order valence-corrected chi connectivity index (χ2v) is 8.46. The number of nitrogens with zero attached hydrogens (tertiary/aromatic N) is 4. The minimum Gasteiger partial charge on any atom is -0.492 e. The largest absolute Gasteiger partial charge is 0.492 e. The van der Waals surface area contributed by atoms with Gasteiger partial charge in [0.2, 0.25) is 11.8 Å². The van der Waals surface area contributed by atoms with Crippen molar-refractivity contribution < 1.29 is 26.2 Å². The molecule has 202 valence electrons. The third-order valence-corrected chi connectivity index (χ3v) is 6.05. The number of rotatable bonds is 8. The summed E-state index contributed by atoms with van der Waals surface area (Å²) in [5.41, 5.74) is 3.43. The van der Waals surface area contributed by atoms with Gasteiger partial charge in [0, 0.05) is 53.1 Å². The van der Waals surface area contributed by atoms with Gasteiger partial charge in [0.25, 0.3) is 5.91 Å². The Balaban J connectivity index is 0.00000231. The van der Waals surface area contributed by atoms with Crippen LogP contribution in [0.4, 0.5) is 16.0 Å². The van der Waals surface area contributed by atoms with E-state index in [1.807, 2.05) is 17.7 Å². The molecule has 2 aromatic carbocycles. The SMILES string of the molecule is CNC(=O)c1cc(Oc2ccc3c(c2)nc(Nc2cc(-c4ccc(OC)nc4)cc(F)c2OC)n3C)ccn1.[HH].[HH]. The van der Waals surface area contributed by atoms with Gasteiger partial charge in [-0.1, -0.05) is 0 Å². The molecule has 0 saturated carbocycles. The zero-order valence-electron chi connectivity index (χ0n) is 21.7. The van der Waals surface area contributed by atoms with Gasteiger partial charge in [0.05, 0.1) is 30.9 Å². The number of aryl methyl sites for hydroxylation is 1. The standard InChI is InChI=1S/C28H25FN6O4.2H2/c1-30-27(36)23-14-19(9-10-31-23)39-18-6-7-24-21(13-18)33-28(35(24)2)34-22-12-17(11-20(29)26(22)38-4)16-5-8-25(37-3)32-15-16;;/h5-15H,1-4H3,(H,30,36)(H,33,34);2*1H. The first-order valence-corrected chi connectivity index (χ1v) is 11.9. The van der Waals surface area contributed by atoms with Crippen LogP contribution in [0.3, 0.4) is 0 Å². The monoisotopic (exact) mass is 532 g/mol. The summed E-state index contributed by atoms with van der Waals surface area (Å²) in [5, 5.41) is 5.74. The molecule has 0 saturated heterocycles. The smallest absolute Gasteiger partial charge is 0.269 e. The summed E-state index contributed by atoms with van der Waals surface area (Å²) in [6, 6.07) is 15.3. The van der Waals surface area contributed by atoms with E-state index >= 15 is 4.39 Å². The Morgan fingerprint density at radius 3 is 2.51 bits per heavy atom. The minimum atomic E-state index is -0.531. The number of nitrogens with one attached hydrogen (secondary N) is 2. The van der Waals surface area contributed by atoms with Crippen molar-refractivity contribution in [1.29, 1.82) is 0 Å². The predicted molar refractivity (Wildman–Crippen MR) is 149 cm³/mol. The van der Waals surface area contributed by atoms with E-state index in [1.165, 1.54) is 33.5 Å². The lowest BCUT2D eigenvalue weighted by atomic mass is 10.1. The van der Waals surface area contributed by atoms with Crippen LogP contribution in [0.5, 0.6) is 23.1 Å². The molecule has 1 amide bonds. The molecule has 0 atom stereocenters. The molecule has 11 heteroatoms. The van der Waals surface area contributed by atoms with Crippen LogP contribution in [-0.2, 0) is 7.05 Å². The zero-order chi connectivity index (χ0) is 27.5. The van der Waals surface area contributed by atoms with E-state index in [-0.39, 0.29) is 20.2 Å². The van der Waals surface area contributed by atoms with E-state index in [0.717, 1.165) is 5.52 Å². The molecule has 10 nitrogen and oxygen atoms in total. The van der Waals surface area contributed by atoms with Crippen LogP contribution >= 0.6 is 0 Å². The molecule has 39 heavy (non-hydrogen) atoms. The van der Waals surface area contributed by atoms with Gasteiger partial charge in [-0.25, -0.2) is 14.4 Å². The Labute approximate surface area is 226 Å². The number of pyridine rings is 2. The maximum Gasteiger partial charge on any atom is 0.269 e. The van der Waals surface area contributed by atoms with Gasteiger partial charge >= 0.3 is 0 Å². The number of aromatic nitrogens is 4. The highest BCUT2D eigenvalue weighted by atomic mass is 19.1. The predicted octanol–water partition coefficient (Wildman–Crippen LogP) is 5.57. The normalized spacial score (nSPS) is 10.8. The van der Waals surface area contributed by atoms with Gasteiger partial charge < -0.3 is 29.4 Å². The van der Waals surface area contributed by atoms with E-state index in [9.17, 15) is 4.79 Å². The lowest BCUT2D eigenvalue weighted by Gasteiger charge is -2.14. The average Bonchev–Trinajstić information content (AvgIpc) is 3.26. The Kier molecular flexibility index (Phi) is 6.96. The van der Waals surface area contributed by atoms with Crippen molar-refractivity contribution >= 4 is 28.6 Å². The Morgan fingerprint density at radius 2 is 1.79 bits per heavy atom. The first kappa shape index (κ1) is 25.5. The number of carbonyl (C=O) groups is 1. The molecule has 2 N–H and O–H groups in total. The van der Waals surface area contributed by atoms with Gasteiger partial charge in [-0.05, 0) is 42.0 Å². The number of ether oxygens (including phenoxy) is 3. The van der Waals surface area contributed by atoms with Crippen LogP contribution in [0.1, 0.15) is 13.3 Å². The fourth-order valence-electron chi connectivity index (χ4n) is 4.07. The fraction of sp³-hybridized carbons (Fsp3) is 0.143. The molecule has 3 heterocycles. The number of halogens is 1. The average molecular weight is 533 g/mol. The van der Waals surface area contributed by atoms with Crippen LogP contribution in [0.15, 0.2) is 67.0 Å². The van der Waals surface area contributed by atoms with E-state index < -0.39 is 5.82 Å². The maximum absolute atomic E-state index is 15.0. The van der Waals surface area contributed by atoms with Crippen LogP contribution in [0.25, 0.3) is 22.2 Å². The number of benzene rings is 2. The number of methoxy groups -OCH3 is 2. The van der Waals surface area contributed by atoms with Crippen molar-refractivity contribution in [1.82, 2.24) is 24.8 Å². The highest BCUT2D eigenvalue weighted by Gasteiger charge is 2.17. The van der Waals surface area contributed by atoms with Gasteiger partial charge in [-0.3, -0.25) is 9.78 Å². The van der Waals surface area contributed by atoms with Crippen molar-refractivity contribution in [3.05, 3.63) is 78.5 Å². The number of hydrogen-bond donors (Lipinski definition) is 2. The van der Waals surface area contributed by atoms with Gasteiger partial charge in [0.1, 0.15) is 17.2 Å². The minimum absolute atomic E-state index is 0. The second kappa shape index (κ2) is 10.7. The summed E-state index contributed by atoms with van der Waals surface area (Å²) in [7, 11) is 6.32. The van der Waals surface area contributed by atoms with E-state index in [0.29, 0.717) is 45.7 Å². The van der Waals surface area contributed by atoms with E-state index in [1.54, 1.807) is 48.7 Å². The van der Waals surface area contributed by atoms with Gasteiger partial charge in [-0.2, -0.15) is 0 Å². The fourth-order valence-corrected chi connectivity index (χ4v) is 4.07. The zero-order valence-corrected chi connectivity index (χ0v) is 21.7. The van der Waals surface area contributed by atoms with E-state index in [2.05, 4.69) is 25.6 Å². The van der Waals surface area contributed by atoms with Crippen molar-refractivity contribution in [3.8, 4) is 34.3 Å².